The fourth-order valence-electron chi connectivity index (χ4n) is 4.03. The normalized spacial score (nSPS) is 14.9. The van der Waals surface area contributed by atoms with Gasteiger partial charge >= 0.3 is 0 Å². The number of para-hydroxylation sites is 1. The van der Waals surface area contributed by atoms with Crippen molar-refractivity contribution in [2.75, 3.05) is 16.8 Å². The highest BCUT2D eigenvalue weighted by molar-refractivity contribution is 7.13. The Morgan fingerprint density at radius 2 is 1.94 bits per heavy atom. The molecule has 2 amide bonds. The van der Waals surface area contributed by atoms with Gasteiger partial charge < -0.3 is 10.1 Å². The molecule has 1 aliphatic rings. The monoisotopic (exact) mass is 484 g/mol. The molecule has 35 heavy (non-hydrogen) atoms. The second kappa shape index (κ2) is 9.68. The Kier molecular flexibility index (Phi) is 6.29. The molecule has 1 unspecified atom stereocenters. The van der Waals surface area contributed by atoms with Crippen LogP contribution in [0.4, 0.5) is 11.4 Å². The molecule has 0 saturated heterocycles. The summed E-state index contributed by atoms with van der Waals surface area (Å²) >= 11 is 1.50. The van der Waals surface area contributed by atoms with Crippen molar-refractivity contribution >= 4 is 34.5 Å². The number of amides is 2. The molecule has 3 heterocycles. The van der Waals surface area contributed by atoms with Gasteiger partial charge in [0.15, 0.2) is 6.10 Å². The molecule has 0 bridgehead atoms. The number of fused-ring (bicyclic) bond motifs is 1. The molecule has 176 valence electrons. The SMILES string of the molecule is CCc1ccccc1NC(=O)CN1C(=O)C(C)Oc2ccc(-c3csc(-c4ccccn4)n3)cc21. The molecule has 4 aromatic rings. The average Bonchev–Trinajstić information content (AvgIpc) is 3.38. The van der Waals surface area contributed by atoms with Gasteiger partial charge in [-0.05, 0) is 55.3 Å². The van der Waals surface area contributed by atoms with Gasteiger partial charge in [0.1, 0.15) is 17.3 Å². The number of ether oxygens (including phenoxy) is 1. The molecule has 8 heteroatoms. The second-order valence-electron chi connectivity index (χ2n) is 8.18. The molecule has 2 aromatic heterocycles. The van der Waals surface area contributed by atoms with Gasteiger partial charge in [-0.3, -0.25) is 19.5 Å². The van der Waals surface area contributed by atoms with Crippen molar-refractivity contribution in [3.63, 3.8) is 0 Å². The summed E-state index contributed by atoms with van der Waals surface area (Å²) in [7, 11) is 0. The molecule has 1 aliphatic heterocycles. The third kappa shape index (κ3) is 4.65. The first-order chi connectivity index (χ1) is 17.0. The summed E-state index contributed by atoms with van der Waals surface area (Å²) in [6, 6.07) is 19.0. The largest absolute Gasteiger partial charge is 0.479 e. The van der Waals surface area contributed by atoms with E-state index in [2.05, 4.69) is 10.3 Å². The number of nitrogens with zero attached hydrogens (tertiary/aromatic N) is 3. The number of carbonyl (C=O) groups excluding carboxylic acids is 2. The Morgan fingerprint density at radius 3 is 2.74 bits per heavy atom. The Bertz CT molecular complexity index is 1390. The number of aromatic nitrogens is 2. The van der Waals surface area contributed by atoms with Crippen LogP contribution in [0.25, 0.3) is 22.0 Å². The lowest BCUT2D eigenvalue weighted by Crippen LogP contribution is -2.47. The third-order valence-electron chi connectivity index (χ3n) is 5.83. The summed E-state index contributed by atoms with van der Waals surface area (Å²) in [5.41, 5.74) is 4.75. The maximum Gasteiger partial charge on any atom is 0.268 e. The zero-order valence-electron chi connectivity index (χ0n) is 19.4. The molecule has 5 rings (SSSR count). The van der Waals surface area contributed by atoms with Crippen LogP contribution >= 0.6 is 11.3 Å². The molecule has 7 nitrogen and oxygen atoms in total. The number of carbonyl (C=O) groups is 2. The van der Waals surface area contributed by atoms with Gasteiger partial charge in [0, 0.05) is 22.8 Å². The first kappa shape index (κ1) is 22.7. The molecule has 0 aliphatic carbocycles. The van der Waals surface area contributed by atoms with Gasteiger partial charge in [-0.25, -0.2) is 4.98 Å². The number of thiazole rings is 1. The topological polar surface area (TPSA) is 84.4 Å². The van der Waals surface area contributed by atoms with Crippen molar-refractivity contribution in [2.45, 2.75) is 26.4 Å². The standard InChI is InChI=1S/C27H24N4O3S/c1-3-18-8-4-5-9-20(18)29-25(32)15-31-23-14-19(11-12-24(23)34-17(2)27(31)33)22-16-35-26(30-22)21-10-6-7-13-28-21/h4-14,16-17H,3,15H2,1-2H3,(H,29,32). The maximum absolute atomic E-state index is 13.0. The Labute approximate surface area is 207 Å². The minimum absolute atomic E-state index is 0.114. The van der Waals surface area contributed by atoms with Crippen molar-refractivity contribution in [3.8, 4) is 27.7 Å². The van der Waals surface area contributed by atoms with E-state index in [4.69, 9.17) is 9.72 Å². The van der Waals surface area contributed by atoms with Crippen molar-refractivity contribution < 1.29 is 14.3 Å². The highest BCUT2D eigenvalue weighted by atomic mass is 32.1. The summed E-state index contributed by atoms with van der Waals surface area (Å²) in [4.78, 5) is 36.6. The number of hydrogen-bond acceptors (Lipinski definition) is 6. The lowest BCUT2D eigenvalue weighted by molar-refractivity contribution is -0.127. The van der Waals surface area contributed by atoms with Crippen molar-refractivity contribution in [3.05, 3.63) is 77.8 Å². The first-order valence-electron chi connectivity index (χ1n) is 11.4. The van der Waals surface area contributed by atoms with Gasteiger partial charge in [0.05, 0.1) is 17.1 Å². The molecule has 0 spiro atoms. The Hall–Kier alpha value is -4.04. The van der Waals surface area contributed by atoms with E-state index in [1.807, 2.05) is 73.0 Å². The smallest absolute Gasteiger partial charge is 0.268 e. The minimum atomic E-state index is -0.681. The summed E-state index contributed by atoms with van der Waals surface area (Å²) in [5.74, 6) is 0.0274. The lowest BCUT2D eigenvalue weighted by Gasteiger charge is -2.33. The number of rotatable bonds is 6. The van der Waals surface area contributed by atoms with Crippen LogP contribution < -0.4 is 15.0 Å². The Morgan fingerprint density at radius 1 is 1.11 bits per heavy atom. The molecule has 0 saturated carbocycles. The van der Waals surface area contributed by atoms with Gasteiger partial charge in [0.25, 0.3) is 5.91 Å². The van der Waals surface area contributed by atoms with Crippen molar-refractivity contribution in [1.29, 1.82) is 0 Å². The van der Waals surface area contributed by atoms with Crippen LogP contribution in [0.2, 0.25) is 0 Å². The molecule has 0 fully saturated rings. The van der Waals surface area contributed by atoms with E-state index in [0.29, 0.717) is 11.4 Å². The molecule has 2 aromatic carbocycles. The highest BCUT2D eigenvalue weighted by Gasteiger charge is 2.33. The summed E-state index contributed by atoms with van der Waals surface area (Å²) < 4.78 is 5.83. The third-order valence-corrected chi connectivity index (χ3v) is 6.69. The van der Waals surface area contributed by atoms with Crippen LogP contribution in [-0.4, -0.2) is 34.4 Å². The van der Waals surface area contributed by atoms with E-state index in [1.54, 1.807) is 13.1 Å². The molecule has 1 N–H and O–H groups in total. The van der Waals surface area contributed by atoms with E-state index in [-0.39, 0.29) is 18.4 Å². The minimum Gasteiger partial charge on any atom is -0.479 e. The summed E-state index contributed by atoms with van der Waals surface area (Å²) in [6.45, 7) is 3.61. The zero-order chi connectivity index (χ0) is 24.4. The van der Waals surface area contributed by atoms with E-state index in [9.17, 15) is 9.59 Å². The number of anilines is 2. The predicted octanol–water partition coefficient (Wildman–Crippen LogP) is 5.19. The predicted molar refractivity (Wildman–Crippen MR) is 138 cm³/mol. The number of aryl methyl sites for hydroxylation is 1. The number of nitrogens with one attached hydrogen (secondary N) is 1. The van der Waals surface area contributed by atoms with Crippen LogP contribution in [0.3, 0.4) is 0 Å². The van der Waals surface area contributed by atoms with Crippen LogP contribution in [0.5, 0.6) is 5.75 Å². The zero-order valence-corrected chi connectivity index (χ0v) is 20.2. The van der Waals surface area contributed by atoms with E-state index >= 15 is 0 Å². The summed E-state index contributed by atoms with van der Waals surface area (Å²) in [5, 5.41) is 5.72. The molecule has 0 radical (unpaired) electrons. The quantitative estimate of drug-likeness (QED) is 0.407. The van der Waals surface area contributed by atoms with Crippen molar-refractivity contribution in [1.82, 2.24) is 9.97 Å². The number of hydrogen-bond donors (Lipinski definition) is 1. The van der Waals surface area contributed by atoms with Crippen LogP contribution in [0, 0.1) is 0 Å². The summed E-state index contributed by atoms with van der Waals surface area (Å²) in [6.07, 6.45) is 1.85. The highest BCUT2D eigenvalue weighted by Crippen LogP contribution is 2.38. The number of benzene rings is 2. The van der Waals surface area contributed by atoms with Crippen LogP contribution in [-0.2, 0) is 16.0 Å². The van der Waals surface area contributed by atoms with E-state index in [1.165, 1.54) is 16.2 Å². The van der Waals surface area contributed by atoms with Gasteiger partial charge in [-0.1, -0.05) is 31.2 Å². The van der Waals surface area contributed by atoms with E-state index < -0.39 is 6.10 Å². The van der Waals surface area contributed by atoms with Crippen LogP contribution in [0.1, 0.15) is 19.4 Å². The average molecular weight is 485 g/mol. The second-order valence-corrected chi connectivity index (χ2v) is 9.04. The molecular formula is C27H24N4O3S. The van der Waals surface area contributed by atoms with Gasteiger partial charge in [-0.15, -0.1) is 11.3 Å². The number of pyridine rings is 1. The van der Waals surface area contributed by atoms with E-state index in [0.717, 1.165) is 39.6 Å². The lowest BCUT2D eigenvalue weighted by atomic mass is 10.1. The van der Waals surface area contributed by atoms with Gasteiger partial charge in [0.2, 0.25) is 5.91 Å². The molecular weight excluding hydrogens is 460 g/mol. The fraction of sp³-hybridized carbons (Fsp3) is 0.185. The fourth-order valence-corrected chi connectivity index (χ4v) is 4.83. The van der Waals surface area contributed by atoms with Crippen molar-refractivity contribution in [2.24, 2.45) is 0 Å². The van der Waals surface area contributed by atoms with Gasteiger partial charge in [-0.2, -0.15) is 0 Å². The van der Waals surface area contributed by atoms with Crippen LogP contribution in [0.15, 0.2) is 72.2 Å². The molecule has 1 atom stereocenters. The maximum atomic E-state index is 13.0. The first-order valence-corrected chi connectivity index (χ1v) is 12.3. The Balaban J connectivity index is 1.43.